The molecule has 5 aromatic rings. The van der Waals surface area contributed by atoms with Crippen LogP contribution in [0.15, 0.2) is 61.1 Å². The van der Waals surface area contributed by atoms with Crippen molar-refractivity contribution in [1.29, 1.82) is 0 Å². The lowest BCUT2D eigenvalue weighted by Gasteiger charge is -2.20. The Bertz CT molecular complexity index is 1740. The summed E-state index contributed by atoms with van der Waals surface area (Å²) in [5.41, 5.74) is 10.6. The number of hydrogen-bond donors (Lipinski definition) is 2. The van der Waals surface area contributed by atoms with E-state index in [9.17, 15) is 4.79 Å². The van der Waals surface area contributed by atoms with E-state index in [0.29, 0.717) is 83.0 Å². The van der Waals surface area contributed by atoms with Crippen LogP contribution in [0.4, 0.5) is 5.82 Å². The molecule has 3 heterocycles. The Balaban J connectivity index is 1.02. The Morgan fingerprint density at radius 3 is 2.41 bits per heavy atom. The molecule has 1 unspecified atom stereocenters. The highest BCUT2D eigenvalue weighted by Gasteiger charge is 2.19. The molecule has 1 atom stereocenters. The van der Waals surface area contributed by atoms with Gasteiger partial charge in [-0.05, 0) is 37.1 Å². The maximum absolute atomic E-state index is 10.4. The molecule has 49 heavy (non-hydrogen) atoms. The first-order valence-electron chi connectivity index (χ1n) is 16.2. The fourth-order valence-electron chi connectivity index (χ4n) is 5.20. The van der Waals surface area contributed by atoms with Crippen molar-refractivity contribution in [1.82, 2.24) is 29.5 Å². The summed E-state index contributed by atoms with van der Waals surface area (Å²) >= 11 is 0. The van der Waals surface area contributed by atoms with Gasteiger partial charge in [-0.1, -0.05) is 35.5 Å². The number of hydrogen-bond acceptors (Lipinski definition) is 12. The number of nitrogen functional groups attached to an aromatic ring is 1. The van der Waals surface area contributed by atoms with Gasteiger partial charge in [0, 0.05) is 12.0 Å². The van der Waals surface area contributed by atoms with Gasteiger partial charge in [0.05, 0.1) is 89.0 Å². The molecule has 3 N–H and O–H groups in total. The highest BCUT2D eigenvalue weighted by Crippen LogP contribution is 2.30. The SMILES string of the molecule is CCOCC(Cc1ccc(OCCn2cc(COCCOCCOCCOCC(=O)O)nn2)cc1)n1cnc2c(N)nc3ccccc3c21. The van der Waals surface area contributed by atoms with E-state index in [2.05, 4.69) is 37.0 Å². The third kappa shape index (κ3) is 10.7. The Labute approximate surface area is 283 Å². The normalized spacial score (nSPS) is 12.2. The summed E-state index contributed by atoms with van der Waals surface area (Å²) in [5, 5.41) is 17.8. The second kappa shape index (κ2) is 18.8. The summed E-state index contributed by atoms with van der Waals surface area (Å²) < 4.78 is 37.0. The number of fused-ring (bicyclic) bond motifs is 3. The molecule has 15 heteroatoms. The van der Waals surface area contributed by atoms with E-state index in [1.807, 2.05) is 55.8 Å². The average Bonchev–Trinajstić information content (AvgIpc) is 3.76. The number of nitrogens with two attached hydrogens (primary N) is 1. The number of rotatable bonds is 23. The van der Waals surface area contributed by atoms with Crippen molar-refractivity contribution < 1.29 is 38.3 Å². The van der Waals surface area contributed by atoms with Crippen LogP contribution in [-0.4, -0.2) is 107 Å². The second-order valence-electron chi connectivity index (χ2n) is 11.1. The molecule has 0 saturated heterocycles. The lowest BCUT2D eigenvalue weighted by molar-refractivity contribution is -0.142. The van der Waals surface area contributed by atoms with E-state index < -0.39 is 5.97 Å². The van der Waals surface area contributed by atoms with Crippen molar-refractivity contribution in [2.45, 2.75) is 32.5 Å². The Hall–Kier alpha value is -4.67. The third-order valence-corrected chi connectivity index (χ3v) is 7.51. The van der Waals surface area contributed by atoms with Gasteiger partial charge >= 0.3 is 5.97 Å². The highest BCUT2D eigenvalue weighted by atomic mass is 16.6. The first-order chi connectivity index (χ1) is 24.0. The highest BCUT2D eigenvalue weighted by molar-refractivity contribution is 6.06. The smallest absolute Gasteiger partial charge is 0.329 e. The molecule has 0 bridgehead atoms. The van der Waals surface area contributed by atoms with Crippen molar-refractivity contribution in [2.24, 2.45) is 0 Å². The molecule has 0 radical (unpaired) electrons. The lowest BCUT2D eigenvalue weighted by atomic mass is 10.1. The molecule has 0 amide bonds. The monoisotopic (exact) mass is 677 g/mol. The number of aliphatic carboxylic acids is 1. The lowest BCUT2D eigenvalue weighted by Crippen LogP contribution is -2.18. The first kappa shape index (κ1) is 35.6. The molecule has 0 fully saturated rings. The summed E-state index contributed by atoms with van der Waals surface area (Å²) in [7, 11) is 0. The molecule has 0 spiro atoms. The van der Waals surface area contributed by atoms with Crippen molar-refractivity contribution >= 4 is 33.7 Å². The Kier molecular flexibility index (Phi) is 13.6. The van der Waals surface area contributed by atoms with E-state index in [1.165, 1.54) is 0 Å². The topological polar surface area (TPSA) is 180 Å². The van der Waals surface area contributed by atoms with Crippen LogP contribution < -0.4 is 10.5 Å². The van der Waals surface area contributed by atoms with Gasteiger partial charge in [-0.25, -0.2) is 19.4 Å². The quantitative estimate of drug-likeness (QED) is 0.0963. The van der Waals surface area contributed by atoms with E-state index in [0.717, 1.165) is 34.2 Å². The van der Waals surface area contributed by atoms with Crippen molar-refractivity contribution in [3.8, 4) is 5.75 Å². The van der Waals surface area contributed by atoms with Crippen LogP contribution in [0.1, 0.15) is 24.2 Å². The van der Waals surface area contributed by atoms with E-state index in [1.54, 1.807) is 4.68 Å². The zero-order valence-electron chi connectivity index (χ0n) is 27.6. The number of para-hydroxylation sites is 1. The van der Waals surface area contributed by atoms with Gasteiger partial charge in [-0.3, -0.25) is 0 Å². The zero-order valence-corrected chi connectivity index (χ0v) is 27.6. The maximum atomic E-state index is 10.4. The summed E-state index contributed by atoms with van der Waals surface area (Å²) in [6.45, 7) is 6.26. The number of pyridine rings is 1. The minimum absolute atomic E-state index is 0.00429. The number of imidazole rings is 1. The number of carboxylic acids is 1. The fraction of sp³-hybridized carbons (Fsp3) is 0.441. The summed E-state index contributed by atoms with van der Waals surface area (Å²) in [6, 6.07) is 16.1. The molecule has 2 aromatic carbocycles. The largest absolute Gasteiger partial charge is 0.492 e. The molecule has 5 rings (SSSR count). The Morgan fingerprint density at radius 2 is 1.65 bits per heavy atom. The van der Waals surface area contributed by atoms with Gasteiger partial charge in [0.1, 0.15) is 30.2 Å². The van der Waals surface area contributed by atoms with Gasteiger partial charge in [-0.2, -0.15) is 0 Å². The van der Waals surface area contributed by atoms with Crippen LogP contribution in [0, 0.1) is 0 Å². The summed E-state index contributed by atoms with van der Waals surface area (Å²) in [4.78, 5) is 19.5. The summed E-state index contributed by atoms with van der Waals surface area (Å²) in [6.07, 6.45) is 4.40. The molecule has 262 valence electrons. The number of carboxylic acid groups (broad SMARTS) is 1. The number of ether oxygens (including phenoxy) is 6. The third-order valence-electron chi connectivity index (χ3n) is 7.51. The van der Waals surface area contributed by atoms with Crippen LogP contribution in [-0.2, 0) is 48.1 Å². The minimum Gasteiger partial charge on any atom is -0.492 e. The van der Waals surface area contributed by atoms with Gasteiger partial charge in [-0.15, -0.1) is 5.10 Å². The average molecular weight is 678 g/mol. The predicted octanol–water partition coefficient (Wildman–Crippen LogP) is 3.31. The molecule has 0 aliphatic rings. The van der Waals surface area contributed by atoms with Crippen LogP contribution in [0.25, 0.3) is 21.9 Å². The molecular weight excluding hydrogens is 634 g/mol. The van der Waals surface area contributed by atoms with Gasteiger partial charge in [0.25, 0.3) is 0 Å². The van der Waals surface area contributed by atoms with Gasteiger partial charge in [0.15, 0.2) is 5.82 Å². The zero-order chi connectivity index (χ0) is 34.3. The van der Waals surface area contributed by atoms with E-state index >= 15 is 0 Å². The number of aromatic nitrogens is 6. The van der Waals surface area contributed by atoms with Crippen LogP contribution >= 0.6 is 0 Å². The number of benzene rings is 2. The Morgan fingerprint density at radius 1 is 0.918 bits per heavy atom. The van der Waals surface area contributed by atoms with Gasteiger partial charge < -0.3 is 43.8 Å². The van der Waals surface area contributed by atoms with Crippen LogP contribution in [0.2, 0.25) is 0 Å². The molecular formula is C34H43N7O8. The molecule has 0 aliphatic carbocycles. The minimum atomic E-state index is -1.00. The fourth-order valence-corrected chi connectivity index (χ4v) is 5.20. The predicted molar refractivity (Wildman–Crippen MR) is 180 cm³/mol. The maximum Gasteiger partial charge on any atom is 0.329 e. The number of nitrogens with zero attached hydrogens (tertiary/aromatic N) is 6. The number of anilines is 1. The first-order valence-corrected chi connectivity index (χ1v) is 16.2. The summed E-state index contributed by atoms with van der Waals surface area (Å²) in [5.74, 6) is 0.183. The van der Waals surface area contributed by atoms with E-state index in [4.69, 9.17) is 39.3 Å². The van der Waals surface area contributed by atoms with Crippen LogP contribution in [0.5, 0.6) is 5.75 Å². The van der Waals surface area contributed by atoms with Crippen molar-refractivity contribution in [3.05, 3.63) is 72.3 Å². The molecule has 0 saturated carbocycles. The number of carbonyl (C=O) groups is 1. The molecule has 15 nitrogen and oxygen atoms in total. The van der Waals surface area contributed by atoms with E-state index in [-0.39, 0.29) is 19.3 Å². The van der Waals surface area contributed by atoms with Crippen molar-refractivity contribution in [2.75, 3.05) is 71.8 Å². The standard InChI is InChI=1S/C34H43N7O8/c1-2-44-22-27(41-24-36-32-33(41)29-5-3-4-6-30(29)37-34(32)35)19-25-7-9-28(10-8-25)49-12-11-40-20-26(38-39-40)21-47-17-15-45-13-14-46-16-18-48-23-31(42)43/h3-10,20,24,27H,2,11-19,21-23H2,1H3,(H2,35,37)(H,42,43). The second-order valence-corrected chi connectivity index (χ2v) is 11.1. The van der Waals surface area contributed by atoms with Gasteiger partial charge in [0.2, 0.25) is 0 Å². The molecule has 3 aromatic heterocycles. The molecule has 0 aliphatic heterocycles. The van der Waals surface area contributed by atoms with Crippen molar-refractivity contribution in [3.63, 3.8) is 0 Å². The van der Waals surface area contributed by atoms with Crippen LogP contribution in [0.3, 0.4) is 0 Å².